The maximum Gasteiger partial charge on any atom is 0.150 e. The highest BCUT2D eigenvalue weighted by Gasteiger charge is 2.20. The molecule has 1 saturated heterocycles. The van der Waals surface area contributed by atoms with E-state index >= 15 is 0 Å². The molecule has 3 nitrogen and oxygen atoms in total. The molecule has 0 bridgehead atoms. The van der Waals surface area contributed by atoms with Crippen LogP contribution in [0.25, 0.3) is 0 Å². The van der Waals surface area contributed by atoms with Crippen LogP contribution in [0.1, 0.15) is 6.42 Å². The molecule has 1 unspecified atom stereocenters. The molecule has 1 atom stereocenters. The van der Waals surface area contributed by atoms with E-state index in [2.05, 4.69) is 22.2 Å². The maximum atomic E-state index is 6.03. The van der Waals surface area contributed by atoms with Crippen LogP contribution in [0.15, 0.2) is 6.07 Å². The third-order valence-electron chi connectivity index (χ3n) is 2.62. The lowest BCUT2D eigenvalue weighted by molar-refractivity contribution is 0.414. The second kappa shape index (κ2) is 4.96. The summed E-state index contributed by atoms with van der Waals surface area (Å²) in [7, 11) is 2.09. The van der Waals surface area contributed by atoms with E-state index in [9.17, 15) is 0 Å². The van der Waals surface area contributed by atoms with Gasteiger partial charge in [0.1, 0.15) is 11.0 Å². The Labute approximate surface area is 110 Å². The number of hydrogen-bond acceptors (Lipinski definition) is 3. The highest BCUT2D eigenvalue weighted by molar-refractivity contribution is 6.42. The number of halogens is 3. The number of rotatable bonds is 2. The van der Waals surface area contributed by atoms with E-state index in [0.717, 1.165) is 19.5 Å². The van der Waals surface area contributed by atoms with Crippen molar-refractivity contribution in [3.05, 3.63) is 21.3 Å². The van der Waals surface area contributed by atoms with E-state index in [-0.39, 0.29) is 5.15 Å². The SMILES string of the molecule is CN1CCC(Nc2nc(Cl)c(Cl)cc2Cl)C1. The number of hydrogen-bond donors (Lipinski definition) is 1. The predicted molar refractivity (Wildman–Crippen MR) is 68.8 cm³/mol. The van der Waals surface area contributed by atoms with Gasteiger partial charge in [0.15, 0.2) is 0 Å². The normalized spacial score (nSPS) is 21.4. The number of likely N-dealkylation sites (tertiary alicyclic amines) is 1. The summed E-state index contributed by atoms with van der Waals surface area (Å²) in [6, 6.07) is 1.98. The molecule has 0 aliphatic carbocycles. The van der Waals surface area contributed by atoms with Gasteiger partial charge in [-0.25, -0.2) is 4.98 Å². The van der Waals surface area contributed by atoms with Gasteiger partial charge in [-0.2, -0.15) is 0 Å². The Morgan fingerprint density at radius 3 is 2.75 bits per heavy atom. The Kier molecular flexibility index (Phi) is 3.80. The van der Waals surface area contributed by atoms with Gasteiger partial charge in [-0.1, -0.05) is 34.8 Å². The zero-order valence-corrected chi connectivity index (χ0v) is 11.1. The van der Waals surface area contributed by atoms with Gasteiger partial charge in [-0.05, 0) is 26.1 Å². The minimum absolute atomic E-state index is 0.278. The predicted octanol–water partition coefficient (Wildman–Crippen LogP) is 3.16. The summed E-state index contributed by atoms with van der Waals surface area (Å²) in [5, 5.41) is 4.44. The number of anilines is 1. The van der Waals surface area contributed by atoms with Crippen LogP contribution in [0.3, 0.4) is 0 Å². The topological polar surface area (TPSA) is 28.2 Å². The fourth-order valence-corrected chi connectivity index (χ4v) is 2.34. The number of aromatic nitrogens is 1. The molecule has 1 aromatic heterocycles. The molecule has 0 spiro atoms. The van der Waals surface area contributed by atoms with Crippen LogP contribution < -0.4 is 5.32 Å². The van der Waals surface area contributed by atoms with Gasteiger partial charge in [0.05, 0.1) is 10.0 Å². The highest BCUT2D eigenvalue weighted by Crippen LogP contribution is 2.29. The molecule has 1 fully saturated rings. The van der Waals surface area contributed by atoms with Crippen LogP contribution in [0.5, 0.6) is 0 Å². The van der Waals surface area contributed by atoms with E-state index in [1.807, 2.05) is 0 Å². The second-order valence-corrected chi connectivity index (χ2v) is 5.16. The van der Waals surface area contributed by atoms with Crippen LogP contribution >= 0.6 is 34.8 Å². The van der Waals surface area contributed by atoms with Crippen LogP contribution in [0.2, 0.25) is 15.2 Å². The average Bonchev–Trinajstić information content (AvgIpc) is 2.60. The summed E-state index contributed by atoms with van der Waals surface area (Å²) >= 11 is 17.7. The first-order valence-corrected chi connectivity index (χ1v) is 6.16. The van der Waals surface area contributed by atoms with Gasteiger partial charge < -0.3 is 10.2 Å². The lowest BCUT2D eigenvalue weighted by atomic mass is 10.2. The van der Waals surface area contributed by atoms with Crippen molar-refractivity contribution in [3.63, 3.8) is 0 Å². The molecule has 16 heavy (non-hydrogen) atoms. The summed E-state index contributed by atoms with van der Waals surface area (Å²) < 4.78 is 0. The monoisotopic (exact) mass is 279 g/mol. The third kappa shape index (κ3) is 2.72. The molecule has 1 aromatic rings. The minimum Gasteiger partial charge on any atom is -0.365 e. The lowest BCUT2D eigenvalue weighted by Gasteiger charge is -2.14. The van der Waals surface area contributed by atoms with Gasteiger partial charge in [-0.3, -0.25) is 0 Å². The number of nitrogens with one attached hydrogen (secondary N) is 1. The van der Waals surface area contributed by atoms with Crippen molar-refractivity contribution in [1.29, 1.82) is 0 Å². The van der Waals surface area contributed by atoms with Crippen molar-refractivity contribution >= 4 is 40.6 Å². The van der Waals surface area contributed by atoms with E-state index in [1.54, 1.807) is 6.07 Å². The average molecular weight is 281 g/mol. The largest absolute Gasteiger partial charge is 0.365 e. The molecule has 1 aliphatic heterocycles. The minimum atomic E-state index is 0.278. The van der Waals surface area contributed by atoms with Gasteiger partial charge in [-0.15, -0.1) is 0 Å². The van der Waals surface area contributed by atoms with Gasteiger partial charge in [0.2, 0.25) is 0 Å². The number of likely N-dealkylation sites (N-methyl/N-ethyl adjacent to an activating group) is 1. The Morgan fingerprint density at radius 2 is 2.12 bits per heavy atom. The lowest BCUT2D eigenvalue weighted by Crippen LogP contribution is -2.24. The molecule has 0 amide bonds. The molecule has 1 N–H and O–H groups in total. The van der Waals surface area contributed by atoms with Crippen molar-refractivity contribution in [3.8, 4) is 0 Å². The van der Waals surface area contributed by atoms with E-state index in [0.29, 0.717) is 21.9 Å². The third-order valence-corrected chi connectivity index (χ3v) is 3.58. The first kappa shape index (κ1) is 12.2. The summed E-state index contributed by atoms with van der Waals surface area (Å²) in [6.45, 7) is 2.06. The first-order valence-electron chi connectivity index (χ1n) is 5.03. The number of nitrogens with zero attached hydrogens (tertiary/aromatic N) is 2. The van der Waals surface area contributed by atoms with Crippen molar-refractivity contribution in [2.24, 2.45) is 0 Å². The second-order valence-electron chi connectivity index (χ2n) is 3.98. The molecule has 6 heteroatoms. The summed E-state index contributed by atoms with van der Waals surface area (Å²) in [5.74, 6) is 0.608. The van der Waals surface area contributed by atoms with Crippen LogP contribution in [-0.2, 0) is 0 Å². The Hall–Kier alpha value is -0.220. The maximum absolute atomic E-state index is 6.03. The molecule has 2 rings (SSSR count). The first-order chi connectivity index (χ1) is 7.56. The van der Waals surface area contributed by atoms with Gasteiger partial charge in [0.25, 0.3) is 0 Å². The van der Waals surface area contributed by atoms with Gasteiger partial charge in [0, 0.05) is 12.6 Å². The van der Waals surface area contributed by atoms with Crippen LogP contribution in [-0.4, -0.2) is 36.1 Å². The molecular formula is C10H12Cl3N3. The van der Waals surface area contributed by atoms with Crippen LogP contribution in [0, 0.1) is 0 Å². The zero-order chi connectivity index (χ0) is 11.7. The number of pyridine rings is 1. The Bertz CT molecular complexity index is 397. The van der Waals surface area contributed by atoms with Crippen molar-refractivity contribution in [2.45, 2.75) is 12.5 Å². The Morgan fingerprint density at radius 1 is 1.38 bits per heavy atom. The molecular weight excluding hydrogens is 268 g/mol. The molecule has 0 radical (unpaired) electrons. The molecule has 2 heterocycles. The standard InChI is InChI=1S/C10H12Cl3N3/c1-16-3-2-6(5-16)14-10-8(12)4-7(11)9(13)15-10/h4,6H,2-3,5H2,1H3,(H,14,15). The summed E-state index contributed by atoms with van der Waals surface area (Å²) in [4.78, 5) is 6.39. The molecule has 88 valence electrons. The van der Waals surface area contributed by atoms with E-state index in [1.165, 1.54) is 0 Å². The van der Waals surface area contributed by atoms with Crippen molar-refractivity contribution in [1.82, 2.24) is 9.88 Å². The fourth-order valence-electron chi connectivity index (χ4n) is 1.79. The smallest absolute Gasteiger partial charge is 0.150 e. The summed E-state index contributed by atoms with van der Waals surface area (Å²) in [6.07, 6.45) is 1.08. The molecule has 0 aromatic carbocycles. The summed E-state index contributed by atoms with van der Waals surface area (Å²) in [5.41, 5.74) is 0. The molecule has 0 saturated carbocycles. The van der Waals surface area contributed by atoms with Crippen LogP contribution in [0.4, 0.5) is 5.82 Å². The van der Waals surface area contributed by atoms with Crippen molar-refractivity contribution < 1.29 is 0 Å². The Balaban J connectivity index is 2.12. The van der Waals surface area contributed by atoms with Crippen molar-refractivity contribution in [2.75, 3.05) is 25.5 Å². The fraction of sp³-hybridized carbons (Fsp3) is 0.500. The molecule has 1 aliphatic rings. The van der Waals surface area contributed by atoms with E-state index in [4.69, 9.17) is 34.8 Å². The van der Waals surface area contributed by atoms with Gasteiger partial charge >= 0.3 is 0 Å². The highest BCUT2D eigenvalue weighted by atomic mass is 35.5. The zero-order valence-electron chi connectivity index (χ0n) is 8.80. The quantitative estimate of drug-likeness (QED) is 0.844. The van der Waals surface area contributed by atoms with E-state index < -0.39 is 0 Å².